The largest absolute Gasteiger partial charge is 0.480 e. The summed E-state index contributed by atoms with van der Waals surface area (Å²) in [5, 5.41) is 19.4. The average Bonchev–Trinajstić information content (AvgIpc) is 2.93. The minimum Gasteiger partial charge on any atom is -0.480 e. The van der Waals surface area contributed by atoms with Crippen LogP contribution in [0.15, 0.2) is 85.1 Å². The minimum absolute atomic E-state index is 0.00975. The highest BCUT2D eigenvalue weighted by atomic mass is 31.1. The molecule has 0 aliphatic carbocycles. The van der Waals surface area contributed by atoms with E-state index in [1.165, 1.54) is 24.3 Å². The van der Waals surface area contributed by atoms with Crippen LogP contribution in [0.4, 0.5) is 4.39 Å². The standard InChI is InChI=1S/C32H29FNO5P/c1-5-32(30(35)36,40(38)39)31(4,37)28-27(22-14-16-25(33)17-15-22)26(19-34-29(28)20(2)3)24-13-9-12-23(18-24)21-10-7-6-8-11-21/h1,6-20,37,40H,2-4H3,(H,35,36)(H,38,39). The number of terminal acetylenes is 1. The van der Waals surface area contributed by atoms with Crippen LogP contribution in [0.2, 0.25) is 0 Å². The van der Waals surface area contributed by atoms with Crippen LogP contribution in [0.25, 0.3) is 33.4 Å². The van der Waals surface area contributed by atoms with Crippen molar-refractivity contribution in [1.82, 2.24) is 4.98 Å². The number of aliphatic carboxylic acids is 1. The van der Waals surface area contributed by atoms with Gasteiger partial charge in [0.05, 0.1) is 0 Å². The smallest absolute Gasteiger partial charge is 0.335 e. The van der Waals surface area contributed by atoms with Crippen molar-refractivity contribution in [3.63, 3.8) is 0 Å². The number of aliphatic hydroxyl groups is 1. The molecule has 3 aromatic carbocycles. The Bertz CT molecular complexity index is 1610. The average molecular weight is 558 g/mol. The number of benzene rings is 3. The van der Waals surface area contributed by atoms with Gasteiger partial charge in [0.25, 0.3) is 0 Å². The van der Waals surface area contributed by atoms with Crippen molar-refractivity contribution in [2.75, 3.05) is 0 Å². The number of hydrogen-bond acceptors (Lipinski definition) is 4. The van der Waals surface area contributed by atoms with Crippen LogP contribution in [0.3, 0.4) is 0 Å². The van der Waals surface area contributed by atoms with Crippen molar-refractivity contribution in [3.05, 3.63) is 102 Å². The van der Waals surface area contributed by atoms with Gasteiger partial charge in [0, 0.05) is 23.0 Å². The highest BCUT2D eigenvalue weighted by Gasteiger charge is 2.60. The number of nitrogens with zero attached hydrogens (tertiary/aromatic N) is 1. The molecule has 3 unspecified atom stereocenters. The number of carboxylic acids is 1. The molecule has 204 valence electrons. The van der Waals surface area contributed by atoms with Crippen LogP contribution in [0.1, 0.15) is 37.9 Å². The van der Waals surface area contributed by atoms with Gasteiger partial charge in [0.2, 0.25) is 13.2 Å². The predicted molar refractivity (Wildman–Crippen MR) is 155 cm³/mol. The van der Waals surface area contributed by atoms with Gasteiger partial charge >= 0.3 is 5.97 Å². The van der Waals surface area contributed by atoms with E-state index in [9.17, 15) is 28.9 Å². The highest BCUT2D eigenvalue weighted by molar-refractivity contribution is 7.42. The Hall–Kier alpha value is -4.08. The lowest BCUT2D eigenvalue weighted by molar-refractivity contribution is -0.145. The third-order valence-electron chi connectivity index (χ3n) is 7.14. The Morgan fingerprint density at radius 1 is 0.975 bits per heavy atom. The van der Waals surface area contributed by atoms with Crippen LogP contribution in [0, 0.1) is 18.2 Å². The summed E-state index contributed by atoms with van der Waals surface area (Å²) >= 11 is 0. The van der Waals surface area contributed by atoms with Crippen LogP contribution in [-0.4, -0.2) is 31.2 Å². The number of halogens is 1. The first-order valence-electron chi connectivity index (χ1n) is 12.6. The summed E-state index contributed by atoms with van der Waals surface area (Å²) in [6.07, 6.45) is 7.22. The lowest BCUT2D eigenvalue weighted by atomic mass is 9.74. The second-order valence-electron chi connectivity index (χ2n) is 9.99. The summed E-state index contributed by atoms with van der Waals surface area (Å²) in [4.78, 5) is 27.5. The Morgan fingerprint density at radius 3 is 2.12 bits per heavy atom. The maximum atomic E-state index is 14.0. The lowest BCUT2D eigenvalue weighted by Gasteiger charge is -2.39. The molecule has 0 fully saturated rings. The monoisotopic (exact) mass is 557 g/mol. The van der Waals surface area contributed by atoms with Crippen LogP contribution in [0.5, 0.6) is 0 Å². The molecule has 1 aromatic heterocycles. The van der Waals surface area contributed by atoms with E-state index in [1.807, 2.05) is 60.5 Å². The first-order valence-corrected chi connectivity index (χ1v) is 13.9. The minimum atomic E-state index is -4.08. The topological polar surface area (TPSA) is 108 Å². The van der Waals surface area contributed by atoms with E-state index in [4.69, 9.17) is 6.42 Å². The summed E-state index contributed by atoms with van der Waals surface area (Å²) in [6.45, 7) is 4.72. The van der Waals surface area contributed by atoms with Gasteiger partial charge in [-0.15, -0.1) is 6.42 Å². The van der Waals surface area contributed by atoms with E-state index in [2.05, 4.69) is 4.98 Å². The maximum absolute atomic E-state index is 14.0. The maximum Gasteiger partial charge on any atom is 0.335 e. The quantitative estimate of drug-likeness (QED) is 0.169. The summed E-state index contributed by atoms with van der Waals surface area (Å²) in [5.74, 6) is -0.720. The zero-order chi connectivity index (χ0) is 29.2. The van der Waals surface area contributed by atoms with E-state index in [0.717, 1.165) is 18.1 Å². The lowest BCUT2D eigenvalue weighted by Crippen LogP contribution is -2.53. The van der Waals surface area contributed by atoms with E-state index >= 15 is 0 Å². The summed E-state index contributed by atoms with van der Waals surface area (Å²) in [6, 6.07) is 22.7. The number of pyridine rings is 1. The van der Waals surface area contributed by atoms with Crippen LogP contribution in [-0.2, 0) is 15.0 Å². The van der Waals surface area contributed by atoms with E-state index in [0.29, 0.717) is 22.3 Å². The van der Waals surface area contributed by atoms with Crippen molar-refractivity contribution in [3.8, 4) is 45.7 Å². The number of aromatic nitrogens is 1. The molecule has 4 rings (SSSR count). The fourth-order valence-corrected chi connectivity index (χ4v) is 5.90. The molecule has 40 heavy (non-hydrogen) atoms. The number of carboxylic acid groups (broad SMARTS) is 1. The first-order chi connectivity index (χ1) is 19.0. The zero-order valence-electron chi connectivity index (χ0n) is 22.2. The van der Waals surface area contributed by atoms with Crippen molar-refractivity contribution >= 4 is 14.0 Å². The molecule has 0 spiro atoms. The number of hydrogen-bond donors (Lipinski definition) is 3. The third-order valence-corrected chi connectivity index (χ3v) is 8.63. The molecule has 0 saturated carbocycles. The normalized spacial score (nSPS) is 15.1. The van der Waals surface area contributed by atoms with Crippen molar-refractivity contribution in [1.29, 1.82) is 0 Å². The van der Waals surface area contributed by atoms with Gasteiger partial charge in [-0.25, -0.2) is 9.18 Å². The summed E-state index contributed by atoms with van der Waals surface area (Å²) in [5.41, 5.74) is 1.52. The van der Waals surface area contributed by atoms with Crippen molar-refractivity contribution < 1.29 is 28.9 Å². The fourth-order valence-electron chi connectivity index (χ4n) is 5.05. The fraction of sp³-hybridized carbons (Fsp3) is 0.188. The van der Waals surface area contributed by atoms with E-state index in [1.54, 1.807) is 20.0 Å². The molecule has 0 bridgehead atoms. The molecule has 6 nitrogen and oxygen atoms in total. The van der Waals surface area contributed by atoms with Crippen molar-refractivity contribution in [2.24, 2.45) is 0 Å². The van der Waals surface area contributed by atoms with Gasteiger partial charge in [-0.3, -0.25) is 9.55 Å². The highest BCUT2D eigenvalue weighted by Crippen LogP contribution is 2.53. The SMILES string of the molecule is C#CC(C(=O)O)([PH](=O)O)C(C)(O)c1c(C(C)C)ncc(-c2cccc(-c3ccccc3)c2)c1-c1ccc(F)cc1. The third kappa shape index (κ3) is 4.87. The van der Waals surface area contributed by atoms with Gasteiger partial charge in [-0.2, -0.15) is 0 Å². The molecule has 0 radical (unpaired) electrons. The second-order valence-corrected chi connectivity index (χ2v) is 11.4. The second kappa shape index (κ2) is 11.2. The Morgan fingerprint density at radius 2 is 1.57 bits per heavy atom. The van der Waals surface area contributed by atoms with Gasteiger partial charge in [0.15, 0.2) is 0 Å². The predicted octanol–water partition coefficient (Wildman–Crippen LogP) is 6.48. The molecule has 3 atom stereocenters. The molecule has 0 amide bonds. The Kier molecular flexibility index (Phi) is 8.09. The van der Waals surface area contributed by atoms with Gasteiger partial charge in [0.1, 0.15) is 11.4 Å². The zero-order valence-corrected chi connectivity index (χ0v) is 23.2. The Balaban J connectivity index is 2.16. The van der Waals surface area contributed by atoms with Crippen LogP contribution >= 0.6 is 8.03 Å². The molecular weight excluding hydrogens is 528 g/mol. The van der Waals surface area contributed by atoms with Gasteiger partial charge in [-0.05, 0) is 58.9 Å². The summed E-state index contributed by atoms with van der Waals surface area (Å²) in [7, 11) is -4.08. The summed E-state index contributed by atoms with van der Waals surface area (Å²) < 4.78 is 26.7. The van der Waals surface area contributed by atoms with Crippen LogP contribution < -0.4 is 0 Å². The number of carbonyl (C=O) groups is 1. The molecule has 1 heterocycles. The number of rotatable bonds is 8. The molecule has 0 saturated heterocycles. The van der Waals surface area contributed by atoms with E-state index in [-0.39, 0.29) is 17.2 Å². The van der Waals surface area contributed by atoms with Crippen molar-refractivity contribution in [2.45, 2.75) is 37.4 Å². The molecule has 8 heteroatoms. The first kappa shape index (κ1) is 28.9. The molecule has 0 aliphatic heterocycles. The molecule has 3 N–H and O–H groups in total. The van der Waals surface area contributed by atoms with Gasteiger partial charge < -0.3 is 15.1 Å². The molecular formula is C32H29FNO5P. The van der Waals surface area contributed by atoms with E-state index < -0.39 is 30.6 Å². The molecule has 4 aromatic rings. The Labute approximate surface area is 233 Å². The van der Waals surface area contributed by atoms with Gasteiger partial charge in [-0.1, -0.05) is 80.4 Å². The molecule has 0 aliphatic rings.